The van der Waals surface area contributed by atoms with Crippen molar-refractivity contribution in [3.8, 4) is 23.3 Å². The van der Waals surface area contributed by atoms with Crippen LogP contribution >= 0.6 is 11.6 Å². The van der Waals surface area contributed by atoms with Gasteiger partial charge in [0.25, 0.3) is 0 Å². The summed E-state index contributed by atoms with van der Waals surface area (Å²) in [7, 11) is 3.23. The highest BCUT2D eigenvalue weighted by molar-refractivity contribution is 6.31. The van der Waals surface area contributed by atoms with Crippen LogP contribution in [0.15, 0.2) is 12.1 Å². The van der Waals surface area contributed by atoms with Crippen molar-refractivity contribution in [2.45, 2.75) is 33.1 Å². The molecule has 0 aliphatic heterocycles. The smallest absolute Gasteiger partial charge is 0.162 e. The Labute approximate surface area is 121 Å². The molecule has 0 fully saturated rings. The van der Waals surface area contributed by atoms with Crippen LogP contribution in [0.25, 0.3) is 0 Å². The van der Waals surface area contributed by atoms with Crippen LogP contribution in [0.1, 0.15) is 38.7 Å². The van der Waals surface area contributed by atoms with Crippen LogP contribution in [0.5, 0.6) is 11.5 Å². The minimum Gasteiger partial charge on any atom is -0.493 e. The van der Waals surface area contributed by atoms with Crippen molar-refractivity contribution in [2.75, 3.05) is 14.2 Å². The molecular formula is C16H21ClO2. The quantitative estimate of drug-likeness (QED) is 0.756. The molecule has 2 atom stereocenters. The van der Waals surface area contributed by atoms with Gasteiger partial charge in [-0.05, 0) is 17.5 Å². The van der Waals surface area contributed by atoms with E-state index in [4.69, 9.17) is 21.1 Å². The van der Waals surface area contributed by atoms with Crippen LogP contribution in [-0.2, 0) is 0 Å². The molecular weight excluding hydrogens is 260 g/mol. The summed E-state index contributed by atoms with van der Waals surface area (Å²) in [6.07, 6.45) is 0.872. The third-order valence-corrected chi connectivity index (χ3v) is 3.58. The van der Waals surface area contributed by atoms with Gasteiger partial charge in [0.15, 0.2) is 11.5 Å². The predicted molar refractivity (Wildman–Crippen MR) is 80.2 cm³/mol. The fourth-order valence-corrected chi connectivity index (χ4v) is 2.20. The lowest BCUT2D eigenvalue weighted by Crippen LogP contribution is -2.05. The van der Waals surface area contributed by atoms with E-state index in [9.17, 15) is 0 Å². The van der Waals surface area contributed by atoms with E-state index >= 15 is 0 Å². The Balaban J connectivity index is 3.12. The molecule has 1 rings (SSSR count). The molecule has 0 N–H and O–H groups in total. The highest BCUT2D eigenvalue weighted by Gasteiger charge is 2.18. The molecule has 0 saturated heterocycles. The van der Waals surface area contributed by atoms with Crippen LogP contribution in [0.2, 0.25) is 5.02 Å². The molecule has 0 aromatic heterocycles. The molecule has 0 radical (unpaired) electrons. The molecule has 0 aliphatic rings. The fourth-order valence-electron chi connectivity index (χ4n) is 1.88. The molecule has 0 spiro atoms. The third kappa shape index (κ3) is 3.81. The number of benzene rings is 1. The fraction of sp³-hybridized carbons (Fsp3) is 0.500. The first-order valence-electron chi connectivity index (χ1n) is 6.44. The van der Waals surface area contributed by atoms with Crippen LogP contribution in [0.4, 0.5) is 0 Å². The van der Waals surface area contributed by atoms with Crippen molar-refractivity contribution in [3.63, 3.8) is 0 Å². The topological polar surface area (TPSA) is 18.5 Å². The number of methoxy groups -OCH3 is 2. The second-order valence-corrected chi connectivity index (χ2v) is 4.89. The number of ether oxygens (including phenoxy) is 2. The number of rotatable bonds is 4. The van der Waals surface area contributed by atoms with Gasteiger partial charge in [-0.3, -0.25) is 0 Å². The van der Waals surface area contributed by atoms with Gasteiger partial charge in [-0.25, -0.2) is 0 Å². The summed E-state index contributed by atoms with van der Waals surface area (Å²) in [6.45, 7) is 6.29. The van der Waals surface area contributed by atoms with E-state index in [1.165, 1.54) is 0 Å². The van der Waals surface area contributed by atoms with Crippen molar-refractivity contribution in [2.24, 2.45) is 5.92 Å². The zero-order valence-electron chi connectivity index (χ0n) is 12.2. The molecule has 0 bridgehead atoms. The van der Waals surface area contributed by atoms with Gasteiger partial charge in [-0.1, -0.05) is 38.3 Å². The van der Waals surface area contributed by atoms with Crippen molar-refractivity contribution < 1.29 is 9.47 Å². The van der Waals surface area contributed by atoms with Crippen molar-refractivity contribution in [1.82, 2.24) is 0 Å². The molecule has 0 amide bonds. The summed E-state index contributed by atoms with van der Waals surface area (Å²) < 4.78 is 10.6. The Bertz CT molecular complexity index is 486. The van der Waals surface area contributed by atoms with Crippen molar-refractivity contribution in [1.29, 1.82) is 0 Å². The maximum atomic E-state index is 6.33. The summed E-state index contributed by atoms with van der Waals surface area (Å²) in [4.78, 5) is 0. The lowest BCUT2D eigenvalue weighted by Gasteiger charge is -2.19. The summed E-state index contributed by atoms with van der Waals surface area (Å²) in [5.41, 5.74) is 1.04. The highest BCUT2D eigenvalue weighted by Crippen LogP contribution is 2.38. The van der Waals surface area contributed by atoms with Crippen molar-refractivity contribution >= 4 is 11.6 Å². The van der Waals surface area contributed by atoms with Crippen LogP contribution in [-0.4, -0.2) is 14.2 Å². The Hall–Kier alpha value is -1.33. The molecule has 1 aromatic carbocycles. The van der Waals surface area contributed by atoms with Crippen LogP contribution < -0.4 is 9.47 Å². The molecule has 2 nitrogen and oxygen atoms in total. The second-order valence-electron chi connectivity index (χ2n) is 4.48. The average molecular weight is 281 g/mol. The van der Waals surface area contributed by atoms with Gasteiger partial charge in [0.1, 0.15) is 0 Å². The molecule has 0 aliphatic carbocycles. The SMILES string of the molecule is CCC#CC(C)C(C)c1cc(OC)c(OC)cc1Cl. The number of hydrogen-bond donors (Lipinski definition) is 0. The predicted octanol–water partition coefficient (Wildman–Crippen LogP) is 4.51. The van der Waals surface area contributed by atoms with E-state index in [2.05, 4.69) is 25.7 Å². The summed E-state index contributed by atoms with van der Waals surface area (Å²) in [6, 6.07) is 3.74. The van der Waals surface area contributed by atoms with Gasteiger partial charge < -0.3 is 9.47 Å². The van der Waals surface area contributed by atoms with Gasteiger partial charge in [0, 0.05) is 23.4 Å². The van der Waals surface area contributed by atoms with E-state index in [1.807, 2.05) is 13.0 Å². The Morgan fingerprint density at radius 1 is 1.16 bits per heavy atom. The highest BCUT2D eigenvalue weighted by atomic mass is 35.5. The normalized spacial score (nSPS) is 13.2. The average Bonchev–Trinajstić information content (AvgIpc) is 2.43. The van der Waals surface area contributed by atoms with Crippen molar-refractivity contribution in [3.05, 3.63) is 22.7 Å². The monoisotopic (exact) mass is 280 g/mol. The van der Waals surface area contributed by atoms with E-state index in [-0.39, 0.29) is 11.8 Å². The standard InChI is InChI=1S/C16H21ClO2/c1-6-7-8-11(2)12(3)13-9-15(18-4)16(19-5)10-14(13)17/h9-12H,6H2,1-5H3. The van der Waals surface area contributed by atoms with Crippen LogP contribution in [0.3, 0.4) is 0 Å². The first-order valence-corrected chi connectivity index (χ1v) is 6.82. The molecule has 1 aromatic rings. The minimum absolute atomic E-state index is 0.242. The Morgan fingerprint density at radius 2 is 1.74 bits per heavy atom. The molecule has 104 valence electrons. The van der Waals surface area contributed by atoms with Gasteiger partial charge >= 0.3 is 0 Å². The Morgan fingerprint density at radius 3 is 2.26 bits per heavy atom. The van der Waals surface area contributed by atoms with Gasteiger partial charge in [-0.15, -0.1) is 5.92 Å². The summed E-state index contributed by atoms with van der Waals surface area (Å²) in [5, 5.41) is 0.690. The van der Waals surface area contributed by atoms with E-state index < -0.39 is 0 Å². The van der Waals surface area contributed by atoms with E-state index in [0.29, 0.717) is 16.5 Å². The third-order valence-electron chi connectivity index (χ3n) is 3.25. The Kier molecular flexibility index (Phi) is 6.05. The molecule has 3 heteroatoms. The van der Waals surface area contributed by atoms with Gasteiger partial charge in [0.2, 0.25) is 0 Å². The maximum Gasteiger partial charge on any atom is 0.162 e. The number of hydrogen-bond acceptors (Lipinski definition) is 2. The largest absolute Gasteiger partial charge is 0.493 e. The molecule has 2 unspecified atom stereocenters. The first kappa shape index (κ1) is 15.7. The zero-order chi connectivity index (χ0) is 14.4. The maximum absolute atomic E-state index is 6.33. The van der Waals surface area contributed by atoms with E-state index in [1.54, 1.807) is 20.3 Å². The second kappa shape index (κ2) is 7.31. The molecule has 0 saturated carbocycles. The first-order chi connectivity index (χ1) is 9.04. The molecule has 0 heterocycles. The van der Waals surface area contributed by atoms with Crippen LogP contribution in [0, 0.1) is 17.8 Å². The molecule has 19 heavy (non-hydrogen) atoms. The lowest BCUT2D eigenvalue weighted by molar-refractivity contribution is 0.354. The van der Waals surface area contributed by atoms with Gasteiger partial charge in [-0.2, -0.15) is 0 Å². The minimum atomic E-state index is 0.242. The summed E-state index contributed by atoms with van der Waals surface area (Å²) >= 11 is 6.33. The van der Waals surface area contributed by atoms with E-state index in [0.717, 1.165) is 12.0 Å². The zero-order valence-corrected chi connectivity index (χ0v) is 13.0. The van der Waals surface area contributed by atoms with Gasteiger partial charge in [0.05, 0.1) is 14.2 Å². The number of halogens is 1. The lowest BCUT2D eigenvalue weighted by atomic mass is 9.89. The summed E-state index contributed by atoms with van der Waals surface area (Å²) in [5.74, 6) is 8.20.